The molecule has 0 saturated heterocycles. The monoisotopic (exact) mass is 335 g/mol. The van der Waals surface area contributed by atoms with Crippen molar-refractivity contribution < 1.29 is 4.79 Å². The average Bonchev–Trinajstić information content (AvgIpc) is 3.10. The molecule has 0 bridgehead atoms. The van der Waals surface area contributed by atoms with Gasteiger partial charge in [0.05, 0.1) is 4.88 Å². The first-order chi connectivity index (χ1) is 10.1. The number of carbonyl (C=O) groups is 1. The molecule has 21 heavy (non-hydrogen) atoms. The zero-order chi connectivity index (χ0) is 14.8. The maximum Gasteiger partial charge on any atom is 0.269 e. The first kappa shape index (κ1) is 14.2. The van der Waals surface area contributed by atoms with Crippen LogP contribution in [0.4, 0.5) is 5.69 Å². The summed E-state index contributed by atoms with van der Waals surface area (Å²) in [7, 11) is 0. The van der Waals surface area contributed by atoms with E-state index in [0.717, 1.165) is 27.7 Å². The molecule has 4 nitrogen and oxygen atoms in total. The van der Waals surface area contributed by atoms with Gasteiger partial charge in [0.25, 0.3) is 5.91 Å². The maximum absolute atomic E-state index is 12.4. The topological polar surface area (TPSA) is 54.9 Å². The average molecular weight is 336 g/mol. The molecule has 3 rings (SSSR count). The molecule has 0 unspecified atom stereocenters. The van der Waals surface area contributed by atoms with Crippen LogP contribution >= 0.6 is 34.5 Å². The second-order valence-corrected chi connectivity index (χ2v) is 6.48. The van der Waals surface area contributed by atoms with E-state index in [1.807, 2.05) is 30.5 Å². The van der Waals surface area contributed by atoms with Crippen LogP contribution < -0.4 is 5.32 Å². The molecule has 3 aromatic rings. The number of hydrogen-bond donors (Lipinski definition) is 1. The van der Waals surface area contributed by atoms with Gasteiger partial charge in [-0.3, -0.25) is 4.79 Å². The van der Waals surface area contributed by atoms with E-state index in [1.165, 1.54) is 11.3 Å². The Morgan fingerprint density at radius 1 is 1.33 bits per heavy atom. The molecule has 106 valence electrons. The number of aromatic nitrogens is 2. The van der Waals surface area contributed by atoms with E-state index in [1.54, 1.807) is 12.1 Å². The Hall–Kier alpha value is -1.76. The summed E-state index contributed by atoms with van der Waals surface area (Å²) in [5, 5.41) is 9.52. The van der Waals surface area contributed by atoms with Crippen molar-refractivity contribution in [2.75, 3.05) is 5.32 Å². The molecule has 0 aliphatic carbocycles. The van der Waals surface area contributed by atoms with E-state index >= 15 is 0 Å². The number of nitrogens with one attached hydrogen (secondary N) is 1. The molecule has 0 spiro atoms. The standard InChI is InChI=1S/C14H10ClN3OS2/c1-8-7-9(15)4-5-10(8)16-14(19)13-12(17-18-21-13)11-3-2-6-20-11/h2-7H,1H3,(H,16,19). The predicted octanol–water partition coefficient (Wildman–Crippen LogP) is 4.48. The molecule has 0 aliphatic rings. The Balaban J connectivity index is 1.88. The van der Waals surface area contributed by atoms with Crippen LogP contribution in [0.5, 0.6) is 0 Å². The van der Waals surface area contributed by atoms with E-state index < -0.39 is 0 Å². The summed E-state index contributed by atoms with van der Waals surface area (Å²) in [5.41, 5.74) is 2.26. The lowest BCUT2D eigenvalue weighted by molar-refractivity contribution is 0.103. The highest BCUT2D eigenvalue weighted by Crippen LogP contribution is 2.29. The molecule has 1 amide bonds. The molecule has 1 N–H and O–H groups in total. The second kappa shape index (κ2) is 5.93. The molecule has 2 heterocycles. The lowest BCUT2D eigenvalue weighted by Gasteiger charge is -2.07. The third-order valence-corrected chi connectivity index (χ3v) is 4.72. The molecule has 1 aromatic carbocycles. The number of carbonyl (C=O) groups excluding carboxylic acids is 1. The molecule has 0 fully saturated rings. The van der Waals surface area contributed by atoms with Crippen LogP contribution in [0.1, 0.15) is 15.2 Å². The largest absolute Gasteiger partial charge is 0.321 e. The van der Waals surface area contributed by atoms with Gasteiger partial charge in [-0.15, -0.1) is 16.4 Å². The number of benzene rings is 1. The number of amides is 1. The minimum atomic E-state index is -0.209. The maximum atomic E-state index is 12.4. The van der Waals surface area contributed by atoms with Crippen LogP contribution in [-0.4, -0.2) is 15.5 Å². The fraction of sp³-hybridized carbons (Fsp3) is 0.0714. The van der Waals surface area contributed by atoms with Crippen LogP contribution in [0.25, 0.3) is 10.6 Å². The minimum absolute atomic E-state index is 0.209. The van der Waals surface area contributed by atoms with Gasteiger partial charge >= 0.3 is 0 Å². The summed E-state index contributed by atoms with van der Waals surface area (Å²) in [6, 6.07) is 9.18. The normalized spacial score (nSPS) is 10.6. The van der Waals surface area contributed by atoms with Gasteiger partial charge in [-0.05, 0) is 53.7 Å². The quantitative estimate of drug-likeness (QED) is 0.767. The Labute approximate surface area is 134 Å². The Morgan fingerprint density at radius 2 is 2.19 bits per heavy atom. The molecule has 2 aromatic heterocycles. The number of anilines is 1. The van der Waals surface area contributed by atoms with Gasteiger partial charge in [-0.1, -0.05) is 22.2 Å². The fourth-order valence-corrected chi connectivity index (χ4v) is 3.44. The highest BCUT2D eigenvalue weighted by Gasteiger charge is 2.19. The van der Waals surface area contributed by atoms with Crippen LogP contribution in [0.3, 0.4) is 0 Å². The highest BCUT2D eigenvalue weighted by molar-refractivity contribution is 7.14. The summed E-state index contributed by atoms with van der Waals surface area (Å²) in [6.07, 6.45) is 0. The van der Waals surface area contributed by atoms with Gasteiger partial charge < -0.3 is 5.32 Å². The molecule has 0 saturated carbocycles. The molecule has 0 aliphatic heterocycles. The summed E-state index contributed by atoms with van der Waals surface area (Å²) in [6.45, 7) is 1.90. The van der Waals surface area contributed by atoms with Crippen LogP contribution in [0.2, 0.25) is 5.02 Å². The van der Waals surface area contributed by atoms with Gasteiger partial charge in [-0.2, -0.15) is 0 Å². The first-order valence-electron chi connectivity index (χ1n) is 6.09. The van der Waals surface area contributed by atoms with E-state index in [-0.39, 0.29) is 5.91 Å². The first-order valence-corrected chi connectivity index (χ1v) is 8.12. The number of aryl methyl sites for hydroxylation is 1. The Bertz CT molecular complexity index is 783. The Kier molecular flexibility index (Phi) is 4.01. The number of halogens is 1. The molecular formula is C14H10ClN3OS2. The minimum Gasteiger partial charge on any atom is -0.321 e. The molecule has 0 atom stereocenters. The zero-order valence-corrected chi connectivity index (χ0v) is 13.4. The second-order valence-electron chi connectivity index (χ2n) is 4.34. The van der Waals surface area contributed by atoms with E-state index in [2.05, 4.69) is 14.9 Å². The van der Waals surface area contributed by atoms with E-state index in [0.29, 0.717) is 15.6 Å². The van der Waals surface area contributed by atoms with Gasteiger partial charge in [0, 0.05) is 10.7 Å². The predicted molar refractivity (Wildman–Crippen MR) is 87.4 cm³/mol. The lowest BCUT2D eigenvalue weighted by Crippen LogP contribution is -2.12. The molecular weight excluding hydrogens is 326 g/mol. The highest BCUT2D eigenvalue weighted by atomic mass is 35.5. The fourth-order valence-electron chi connectivity index (χ4n) is 1.86. The number of hydrogen-bond acceptors (Lipinski definition) is 5. The number of nitrogens with zero attached hydrogens (tertiary/aromatic N) is 2. The van der Waals surface area contributed by atoms with Gasteiger partial charge in [0.15, 0.2) is 0 Å². The van der Waals surface area contributed by atoms with Crippen molar-refractivity contribution in [3.63, 3.8) is 0 Å². The summed E-state index contributed by atoms with van der Waals surface area (Å²) in [4.78, 5) is 13.9. The van der Waals surface area contributed by atoms with Crippen LogP contribution in [0.15, 0.2) is 35.7 Å². The summed E-state index contributed by atoms with van der Waals surface area (Å²) in [5.74, 6) is -0.209. The van der Waals surface area contributed by atoms with Crippen molar-refractivity contribution >= 4 is 46.1 Å². The van der Waals surface area contributed by atoms with E-state index in [9.17, 15) is 4.79 Å². The van der Waals surface area contributed by atoms with Gasteiger partial charge in [0.2, 0.25) is 0 Å². The van der Waals surface area contributed by atoms with Crippen LogP contribution in [-0.2, 0) is 0 Å². The van der Waals surface area contributed by atoms with Gasteiger partial charge in [0.1, 0.15) is 10.6 Å². The van der Waals surface area contributed by atoms with Crippen molar-refractivity contribution in [1.29, 1.82) is 0 Å². The lowest BCUT2D eigenvalue weighted by atomic mass is 10.2. The van der Waals surface area contributed by atoms with Crippen LogP contribution in [0, 0.1) is 6.92 Å². The van der Waals surface area contributed by atoms with Crippen molar-refractivity contribution in [1.82, 2.24) is 9.59 Å². The smallest absolute Gasteiger partial charge is 0.269 e. The van der Waals surface area contributed by atoms with Crippen molar-refractivity contribution in [2.24, 2.45) is 0 Å². The van der Waals surface area contributed by atoms with Crippen molar-refractivity contribution in [2.45, 2.75) is 6.92 Å². The van der Waals surface area contributed by atoms with Gasteiger partial charge in [-0.25, -0.2) is 0 Å². The summed E-state index contributed by atoms with van der Waals surface area (Å²) >= 11 is 8.54. The number of rotatable bonds is 3. The third kappa shape index (κ3) is 2.97. The Morgan fingerprint density at radius 3 is 2.90 bits per heavy atom. The molecule has 7 heteroatoms. The van der Waals surface area contributed by atoms with Crippen molar-refractivity contribution in [3.05, 3.63) is 51.2 Å². The zero-order valence-electron chi connectivity index (χ0n) is 11.0. The van der Waals surface area contributed by atoms with E-state index in [4.69, 9.17) is 11.6 Å². The third-order valence-electron chi connectivity index (χ3n) is 2.89. The number of thiophene rings is 1. The summed E-state index contributed by atoms with van der Waals surface area (Å²) < 4.78 is 3.89. The van der Waals surface area contributed by atoms with Crippen molar-refractivity contribution in [3.8, 4) is 10.6 Å². The molecule has 0 radical (unpaired) electrons. The SMILES string of the molecule is Cc1cc(Cl)ccc1NC(=O)c1snnc1-c1cccs1.